The summed E-state index contributed by atoms with van der Waals surface area (Å²) in [5.74, 6) is 0.482. The van der Waals surface area contributed by atoms with E-state index in [0.717, 1.165) is 31.1 Å². The minimum atomic E-state index is 0.315. The van der Waals surface area contributed by atoms with Crippen LogP contribution in [0.3, 0.4) is 0 Å². The van der Waals surface area contributed by atoms with Gasteiger partial charge in [-0.3, -0.25) is 0 Å². The van der Waals surface area contributed by atoms with Crippen molar-refractivity contribution in [1.29, 1.82) is 10.5 Å². The largest absolute Gasteiger partial charge is 0.396 e. The SMILES string of the molecule is COCC1CCN(c2sc(C#N)c(N)c2C#N)C1. The number of thiophene rings is 1. The van der Waals surface area contributed by atoms with Crippen LogP contribution in [0.1, 0.15) is 16.9 Å². The summed E-state index contributed by atoms with van der Waals surface area (Å²) in [5, 5.41) is 18.9. The van der Waals surface area contributed by atoms with Gasteiger partial charge in [0.1, 0.15) is 27.6 Å². The van der Waals surface area contributed by atoms with E-state index in [1.165, 1.54) is 11.3 Å². The molecule has 1 saturated heterocycles. The van der Waals surface area contributed by atoms with Crippen LogP contribution < -0.4 is 10.6 Å². The number of rotatable bonds is 3. The summed E-state index contributed by atoms with van der Waals surface area (Å²) in [7, 11) is 1.69. The number of methoxy groups -OCH3 is 1. The summed E-state index contributed by atoms with van der Waals surface area (Å²) in [4.78, 5) is 2.56. The molecule has 0 spiro atoms. The first kappa shape index (κ1) is 12.7. The third kappa shape index (κ3) is 2.13. The summed E-state index contributed by atoms with van der Waals surface area (Å²) < 4.78 is 5.15. The predicted molar refractivity (Wildman–Crippen MR) is 70.4 cm³/mol. The second kappa shape index (κ2) is 5.26. The van der Waals surface area contributed by atoms with Crippen molar-refractivity contribution in [3.63, 3.8) is 0 Å². The van der Waals surface area contributed by atoms with Crippen LogP contribution in [0.5, 0.6) is 0 Å². The molecule has 0 bridgehead atoms. The maximum atomic E-state index is 9.15. The van der Waals surface area contributed by atoms with Gasteiger partial charge in [-0.05, 0) is 6.42 Å². The second-order valence-electron chi connectivity index (χ2n) is 4.30. The van der Waals surface area contributed by atoms with Gasteiger partial charge in [-0.1, -0.05) is 0 Å². The van der Waals surface area contributed by atoms with E-state index in [1.807, 2.05) is 6.07 Å². The Labute approximate surface area is 110 Å². The molecule has 1 fully saturated rings. The predicted octanol–water partition coefficient (Wildman–Crippen LogP) is 1.55. The highest BCUT2D eigenvalue weighted by Crippen LogP contribution is 2.39. The maximum absolute atomic E-state index is 9.15. The fourth-order valence-electron chi connectivity index (χ4n) is 2.23. The zero-order valence-corrected chi connectivity index (χ0v) is 11.0. The molecule has 6 heteroatoms. The van der Waals surface area contributed by atoms with Crippen LogP contribution >= 0.6 is 11.3 Å². The lowest BCUT2D eigenvalue weighted by Crippen LogP contribution is -2.20. The smallest absolute Gasteiger partial charge is 0.131 e. The molecule has 2 rings (SSSR count). The Morgan fingerprint density at radius 3 is 2.89 bits per heavy atom. The molecule has 0 aromatic carbocycles. The standard InChI is InChI=1S/C12H14N4OS/c1-17-7-8-2-3-16(6-8)12-9(4-13)11(15)10(5-14)18-12/h8H,2-3,6-7,15H2,1H3. The van der Waals surface area contributed by atoms with Gasteiger partial charge in [-0.25, -0.2) is 0 Å². The van der Waals surface area contributed by atoms with Gasteiger partial charge < -0.3 is 15.4 Å². The lowest BCUT2D eigenvalue weighted by atomic mass is 10.1. The van der Waals surface area contributed by atoms with Crippen molar-refractivity contribution in [3.05, 3.63) is 10.4 Å². The monoisotopic (exact) mass is 262 g/mol. The molecule has 0 amide bonds. The van der Waals surface area contributed by atoms with Crippen LogP contribution in [-0.2, 0) is 4.74 Å². The highest BCUT2D eigenvalue weighted by Gasteiger charge is 2.27. The van der Waals surface area contributed by atoms with Gasteiger partial charge in [-0.2, -0.15) is 10.5 Å². The molecule has 1 aromatic rings. The summed E-state index contributed by atoms with van der Waals surface area (Å²) in [5.41, 5.74) is 6.55. The van der Waals surface area contributed by atoms with Crippen LogP contribution in [0.25, 0.3) is 0 Å². The molecule has 1 aliphatic heterocycles. The second-order valence-corrected chi connectivity index (χ2v) is 5.30. The Balaban J connectivity index is 2.25. The van der Waals surface area contributed by atoms with E-state index >= 15 is 0 Å². The van der Waals surface area contributed by atoms with E-state index in [4.69, 9.17) is 21.0 Å². The summed E-state index contributed by atoms with van der Waals surface area (Å²) in [6.45, 7) is 2.46. The number of ether oxygens (including phenoxy) is 1. The zero-order chi connectivity index (χ0) is 13.1. The Hall–Kier alpha value is -1.76. The Morgan fingerprint density at radius 1 is 1.50 bits per heavy atom. The summed E-state index contributed by atoms with van der Waals surface area (Å²) in [6.07, 6.45) is 1.04. The van der Waals surface area contributed by atoms with E-state index in [9.17, 15) is 0 Å². The van der Waals surface area contributed by atoms with Gasteiger partial charge >= 0.3 is 0 Å². The molecular formula is C12H14N4OS. The Bertz CT molecular complexity index is 525. The first-order chi connectivity index (χ1) is 8.71. The lowest BCUT2D eigenvalue weighted by Gasteiger charge is -2.16. The van der Waals surface area contributed by atoms with Crippen LogP contribution in [0, 0.1) is 28.6 Å². The Morgan fingerprint density at radius 2 is 2.28 bits per heavy atom. The summed E-state index contributed by atoms with van der Waals surface area (Å²) >= 11 is 1.30. The molecule has 1 aliphatic rings. The number of anilines is 2. The molecule has 0 saturated carbocycles. The molecule has 1 unspecified atom stereocenters. The van der Waals surface area contributed by atoms with Gasteiger partial charge in [0.2, 0.25) is 0 Å². The molecule has 2 N–H and O–H groups in total. The number of nitrogen functional groups attached to an aromatic ring is 1. The van der Waals surface area contributed by atoms with Crippen LogP contribution in [-0.4, -0.2) is 26.8 Å². The summed E-state index contributed by atoms with van der Waals surface area (Å²) in [6, 6.07) is 4.14. The molecule has 18 heavy (non-hydrogen) atoms. The minimum absolute atomic E-state index is 0.315. The molecule has 0 aliphatic carbocycles. The number of nitrogens with two attached hydrogens (primary N) is 1. The van der Waals surface area contributed by atoms with Gasteiger partial charge in [-0.15, -0.1) is 11.3 Å². The van der Waals surface area contributed by atoms with Crippen molar-refractivity contribution in [2.75, 3.05) is 37.4 Å². The third-order valence-corrected chi connectivity index (χ3v) is 4.29. The van der Waals surface area contributed by atoms with Gasteiger partial charge in [0, 0.05) is 26.1 Å². The van der Waals surface area contributed by atoms with Gasteiger partial charge in [0.05, 0.1) is 12.3 Å². The van der Waals surface area contributed by atoms with Crippen LogP contribution in [0.2, 0.25) is 0 Å². The van der Waals surface area contributed by atoms with E-state index < -0.39 is 0 Å². The Kier molecular flexibility index (Phi) is 3.71. The van der Waals surface area contributed by atoms with Crippen molar-refractivity contribution in [2.45, 2.75) is 6.42 Å². The van der Waals surface area contributed by atoms with E-state index in [2.05, 4.69) is 11.0 Å². The molecule has 0 radical (unpaired) electrons. The number of nitrogens with zero attached hydrogens (tertiary/aromatic N) is 3. The van der Waals surface area contributed by atoms with Crippen LogP contribution in [0.4, 0.5) is 10.7 Å². The quantitative estimate of drug-likeness (QED) is 0.893. The number of nitriles is 2. The minimum Gasteiger partial charge on any atom is -0.396 e. The zero-order valence-electron chi connectivity index (χ0n) is 10.1. The first-order valence-corrected chi connectivity index (χ1v) is 6.49. The van der Waals surface area contributed by atoms with Crippen molar-refractivity contribution < 1.29 is 4.74 Å². The average Bonchev–Trinajstić information content (AvgIpc) is 2.94. The maximum Gasteiger partial charge on any atom is 0.131 e. The first-order valence-electron chi connectivity index (χ1n) is 5.67. The fraction of sp³-hybridized carbons (Fsp3) is 0.500. The molecule has 94 valence electrons. The molecule has 5 nitrogen and oxygen atoms in total. The fourth-order valence-corrected chi connectivity index (χ4v) is 3.24. The highest BCUT2D eigenvalue weighted by molar-refractivity contribution is 7.17. The molecule has 2 heterocycles. The normalized spacial score (nSPS) is 18.6. The van der Waals surface area contributed by atoms with E-state index in [0.29, 0.717) is 22.0 Å². The molecular weight excluding hydrogens is 248 g/mol. The van der Waals surface area contributed by atoms with Crippen molar-refractivity contribution in [2.24, 2.45) is 5.92 Å². The van der Waals surface area contributed by atoms with Gasteiger partial charge in [0.15, 0.2) is 0 Å². The molecule has 1 atom stereocenters. The topological polar surface area (TPSA) is 86.1 Å². The van der Waals surface area contributed by atoms with Gasteiger partial charge in [0.25, 0.3) is 0 Å². The van der Waals surface area contributed by atoms with Crippen LogP contribution in [0.15, 0.2) is 0 Å². The van der Waals surface area contributed by atoms with E-state index in [1.54, 1.807) is 7.11 Å². The van der Waals surface area contributed by atoms with Crippen molar-refractivity contribution in [3.8, 4) is 12.1 Å². The van der Waals surface area contributed by atoms with Crippen molar-refractivity contribution >= 4 is 22.0 Å². The third-order valence-electron chi connectivity index (χ3n) is 3.12. The number of hydrogen-bond donors (Lipinski definition) is 1. The number of hydrogen-bond acceptors (Lipinski definition) is 6. The average molecular weight is 262 g/mol. The van der Waals surface area contributed by atoms with E-state index in [-0.39, 0.29) is 0 Å². The highest BCUT2D eigenvalue weighted by atomic mass is 32.1. The van der Waals surface area contributed by atoms with Crippen molar-refractivity contribution in [1.82, 2.24) is 0 Å². The molecule has 1 aromatic heterocycles. The lowest BCUT2D eigenvalue weighted by molar-refractivity contribution is 0.161.